The molecule has 0 spiro atoms. The van der Waals surface area contributed by atoms with Crippen molar-refractivity contribution in [2.75, 3.05) is 0 Å². The van der Waals surface area contributed by atoms with Crippen molar-refractivity contribution in [2.24, 2.45) is 0 Å². The molecule has 0 bridgehead atoms. The van der Waals surface area contributed by atoms with Gasteiger partial charge >= 0.3 is 5.97 Å². The first-order chi connectivity index (χ1) is 10.1. The van der Waals surface area contributed by atoms with Crippen LogP contribution >= 0.6 is 22.9 Å². The third-order valence-electron chi connectivity index (χ3n) is 2.66. The van der Waals surface area contributed by atoms with Crippen molar-refractivity contribution in [1.82, 2.24) is 9.38 Å². The smallest absolute Gasteiger partial charge is 0.328 e. The SMILES string of the molecule is O=C(O)/C=C/c1c(Oc2cccc(Cl)c2)nc2sccn12. The lowest BCUT2D eigenvalue weighted by Crippen LogP contribution is -1.91. The largest absolute Gasteiger partial charge is 0.478 e. The van der Waals surface area contributed by atoms with Crippen LogP contribution < -0.4 is 4.74 Å². The predicted octanol–water partition coefficient (Wildman–Crippen LogP) is 3.94. The minimum atomic E-state index is -1.03. The van der Waals surface area contributed by atoms with E-state index in [0.29, 0.717) is 22.3 Å². The van der Waals surface area contributed by atoms with E-state index in [0.717, 1.165) is 11.0 Å². The van der Waals surface area contributed by atoms with Crippen molar-refractivity contribution in [1.29, 1.82) is 0 Å². The maximum Gasteiger partial charge on any atom is 0.328 e. The van der Waals surface area contributed by atoms with Gasteiger partial charge in [-0.05, 0) is 24.3 Å². The summed E-state index contributed by atoms with van der Waals surface area (Å²) in [4.78, 5) is 15.8. The average Bonchev–Trinajstić information content (AvgIpc) is 2.97. The fraction of sp³-hybridized carbons (Fsp3) is 0. The summed E-state index contributed by atoms with van der Waals surface area (Å²) < 4.78 is 7.48. The lowest BCUT2D eigenvalue weighted by atomic mass is 10.3. The Morgan fingerprint density at radius 3 is 3.10 bits per heavy atom. The number of benzene rings is 1. The standard InChI is InChI=1S/C14H9ClN2O3S/c15-9-2-1-3-10(8-9)20-13-11(4-5-12(18)19)17-6-7-21-14(17)16-13/h1-8H,(H,18,19)/b5-4+. The van der Waals surface area contributed by atoms with E-state index in [1.54, 1.807) is 34.9 Å². The Kier molecular flexibility index (Phi) is 3.64. The van der Waals surface area contributed by atoms with Gasteiger partial charge in [-0.1, -0.05) is 17.7 Å². The molecule has 0 radical (unpaired) electrons. The van der Waals surface area contributed by atoms with Gasteiger partial charge < -0.3 is 9.84 Å². The number of thiazole rings is 1. The molecular formula is C14H9ClN2O3S. The number of nitrogens with zero attached hydrogens (tertiary/aromatic N) is 2. The molecule has 7 heteroatoms. The number of halogens is 1. The maximum absolute atomic E-state index is 10.7. The number of rotatable bonds is 4. The summed E-state index contributed by atoms with van der Waals surface area (Å²) in [5, 5.41) is 11.2. The molecule has 0 aliphatic carbocycles. The maximum atomic E-state index is 10.7. The third kappa shape index (κ3) is 2.91. The molecule has 0 unspecified atom stereocenters. The van der Waals surface area contributed by atoms with E-state index >= 15 is 0 Å². The molecule has 3 aromatic rings. The molecule has 1 N–H and O–H groups in total. The van der Waals surface area contributed by atoms with E-state index in [9.17, 15) is 4.79 Å². The summed E-state index contributed by atoms with van der Waals surface area (Å²) in [7, 11) is 0. The number of carbonyl (C=O) groups is 1. The highest BCUT2D eigenvalue weighted by Crippen LogP contribution is 2.29. The van der Waals surface area contributed by atoms with E-state index < -0.39 is 5.97 Å². The zero-order chi connectivity index (χ0) is 14.8. The van der Waals surface area contributed by atoms with Crippen molar-refractivity contribution < 1.29 is 14.6 Å². The number of imidazole rings is 1. The quantitative estimate of drug-likeness (QED) is 0.739. The van der Waals surface area contributed by atoms with Crippen molar-refractivity contribution in [3.8, 4) is 11.6 Å². The van der Waals surface area contributed by atoms with Crippen LogP contribution in [0.3, 0.4) is 0 Å². The van der Waals surface area contributed by atoms with Crippen LogP contribution in [0.2, 0.25) is 5.02 Å². The Balaban J connectivity index is 2.03. The second-order valence-electron chi connectivity index (χ2n) is 4.09. The molecule has 106 valence electrons. The Hall–Kier alpha value is -2.31. The van der Waals surface area contributed by atoms with Gasteiger partial charge in [-0.25, -0.2) is 4.79 Å². The molecule has 0 aliphatic rings. The van der Waals surface area contributed by atoms with Crippen LogP contribution in [0, 0.1) is 0 Å². The number of hydrogen-bond acceptors (Lipinski definition) is 4. The molecule has 0 saturated carbocycles. The van der Waals surface area contributed by atoms with Crippen molar-refractivity contribution in [3.05, 3.63) is 52.6 Å². The highest BCUT2D eigenvalue weighted by atomic mass is 35.5. The molecule has 0 atom stereocenters. The number of aliphatic carboxylic acids is 1. The third-order valence-corrected chi connectivity index (χ3v) is 3.65. The lowest BCUT2D eigenvalue weighted by Gasteiger charge is -2.03. The number of carboxylic acids is 1. The number of carboxylic acid groups (broad SMARTS) is 1. The minimum absolute atomic E-state index is 0.335. The van der Waals surface area contributed by atoms with Gasteiger partial charge in [0, 0.05) is 22.7 Å². The van der Waals surface area contributed by atoms with E-state index in [2.05, 4.69) is 4.98 Å². The van der Waals surface area contributed by atoms with Crippen molar-refractivity contribution >= 4 is 39.9 Å². The van der Waals surface area contributed by atoms with E-state index in [-0.39, 0.29) is 0 Å². The predicted molar refractivity (Wildman–Crippen MR) is 81.3 cm³/mol. The average molecular weight is 321 g/mol. The van der Waals surface area contributed by atoms with Gasteiger partial charge in [0.1, 0.15) is 11.4 Å². The van der Waals surface area contributed by atoms with Crippen LogP contribution in [0.4, 0.5) is 0 Å². The number of ether oxygens (including phenoxy) is 1. The Labute approximate surface area is 128 Å². The number of hydrogen-bond donors (Lipinski definition) is 1. The molecule has 1 aromatic carbocycles. The Morgan fingerprint density at radius 1 is 1.48 bits per heavy atom. The topological polar surface area (TPSA) is 63.8 Å². The molecular weight excluding hydrogens is 312 g/mol. The van der Waals surface area contributed by atoms with Crippen LogP contribution in [0.25, 0.3) is 11.0 Å². The highest BCUT2D eigenvalue weighted by molar-refractivity contribution is 7.15. The monoisotopic (exact) mass is 320 g/mol. The molecule has 2 aromatic heterocycles. The van der Waals surface area contributed by atoms with Gasteiger partial charge in [-0.2, -0.15) is 4.98 Å². The summed E-state index contributed by atoms with van der Waals surface area (Å²) in [5.41, 5.74) is 0.564. The number of fused-ring (bicyclic) bond motifs is 1. The van der Waals surface area contributed by atoms with Gasteiger partial charge in [0.2, 0.25) is 5.88 Å². The summed E-state index contributed by atoms with van der Waals surface area (Å²) in [6, 6.07) is 6.93. The summed E-state index contributed by atoms with van der Waals surface area (Å²) >= 11 is 7.35. The Morgan fingerprint density at radius 2 is 2.33 bits per heavy atom. The summed E-state index contributed by atoms with van der Waals surface area (Å²) in [5.74, 6) is -0.159. The molecule has 0 fully saturated rings. The van der Waals surface area contributed by atoms with E-state index in [1.165, 1.54) is 17.4 Å². The highest BCUT2D eigenvalue weighted by Gasteiger charge is 2.13. The van der Waals surface area contributed by atoms with E-state index in [4.69, 9.17) is 21.4 Å². The fourth-order valence-electron chi connectivity index (χ4n) is 1.80. The second-order valence-corrected chi connectivity index (χ2v) is 5.40. The lowest BCUT2D eigenvalue weighted by molar-refractivity contribution is -0.131. The normalized spacial score (nSPS) is 11.3. The molecule has 3 rings (SSSR count). The minimum Gasteiger partial charge on any atom is -0.478 e. The fourth-order valence-corrected chi connectivity index (χ4v) is 2.70. The molecule has 21 heavy (non-hydrogen) atoms. The van der Waals surface area contributed by atoms with Gasteiger partial charge in [-0.3, -0.25) is 4.40 Å². The summed E-state index contributed by atoms with van der Waals surface area (Å²) in [6.45, 7) is 0. The Bertz CT molecular complexity index is 838. The van der Waals surface area contributed by atoms with Gasteiger partial charge in [0.05, 0.1) is 0 Å². The van der Waals surface area contributed by atoms with Crippen molar-refractivity contribution in [3.63, 3.8) is 0 Å². The zero-order valence-electron chi connectivity index (χ0n) is 10.6. The van der Waals surface area contributed by atoms with Crippen LogP contribution in [0.15, 0.2) is 41.9 Å². The first-order valence-electron chi connectivity index (χ1n) is 5.93. The van der Waals surface area contributed by atoms with Crippen LogP contribution in [0.5, 0.6) is 11.6 Å². The van der Waals surface area contributed by atoms with Gasteiger partial charge in [0.25, 0.3) is 0 Å². The van der Waals surface area contributed by atoms with Crippen LogP contribution in [0.1, 0.15) is 5.69 Å². The van der Waals surface area contributed by atoms with Crippen LogP contribution in [-0.2, 0) is 4.79 Å². The molecule has 5 nitrogen and oxygen atoms in total. The van der Waals surface area contributed by atoms with E-state index in [1.807, 2.05) is 5.38 Å². The van der Waals surface area contributed by atoms with Gasteiger partial charge in [-0.15, -0.1) is 11.3 Å². The first kappa shape index (κ1) is 13.7. The van der Waals surface area contributed by atoms with Crippen LogP contribution in [-0.4, -0.2) is 20.5 Å². The van der Waals surface area contributed by atoms with Gasteiger partial charge in [0.15, 0.2) is 4.96 Å². The number of aromatic nitrogens is 2. The van der Waals surface area contributed by atoms with Crippen molar-refractivity contribution in [2.45, 2.75) is 0 Å². The molecule has 0 amide bonds. The molecule has 0 aliphatic heterocycles. The summed E-state index contributed by atoms with van der Waals surface area (Å²) in [6.07, 6.45) is 4.31. The second kappa shape index (κ2) is 5.59. The zero-order valence-corrected chi connectivity index (χ0v) is 12.1. The first-order valence-corrected chi connectivity index (χ1v) is 7.19. The molecule has 0 saturated heterocycles. The molecule has 2 heterocycles.